The zero-order valence-electron chi connectivity index (χ0n) is 14.6. The zero-order chi connectivity index (χ0) is 16.3. The van der Waals surface area contributed by atoms with E-state index in [2.05, 4.69) is 53.7 Å². The topological polar surface area (TPSA) is 45.7 Å². The molecule has 1 aromatic rings. The molecule has 0 aromatic heterocycles. The SMILES string of the molecule is CCNC(=NCCCOC(C)c1ccccc1)NC1CCCC1. The summed E-state index contributed by atoms with van der Waals surface area (Å²) in [7, 11) is 0. The van der Waals surface area contributed by atoms with Crippen LogP contribution in [-0.2, 0) is 4.74 Å². The van der Waals surface area contributed by atoms with Crippen LogP contribution in [0.2, 0.25) is 0 Å². The number of guanidine groups is 1. The van der Waals surface area contributed by atoms with E-state index in [-0.39, 0.29) is 6.10 Å². The average molecular weight is 317 g/mol. The van der Waals surface area contributed by atoms with Gasteiger partial charge >= 0.3 is 0 Å². The highest BCUT2D eigenvalue weighted by atomic mass is 16.5. The van der Waals surface area contributed by atoms with E-state index in [9.17, 15) is 0 Å². The molecule has 0 saturated heterocycles. The van der Waals surface area contributed by atoms with Crippen molar-refractivity contribution in [3.8, 4) is 0 Å². The monoisotopic (exact) mass is 317 g/mol. The smallest absolute Gasteiger partial charge is 0.191 e. The summed E-state index contributed by atoms with van der Waals surface area (Å²) in [5.41, 5.74) is 1.23. The molecule has 1 saturated carbocycles. The Balaban J connectivity index is 1.66. The van der Waals surface area contributed by atoms with Crippen LogP contribution in [0.4, 0.5) is 0 Å². The van der Waals surface area contributed by atoms with Crippen molar-refractivity contribution < 1.29 is 4.74 Å². The number of hydrogen-bond acceptors (Lipinski definition) is 2. The van der Waals surface area contributed by atoms with Gasteiger partial charge in [-0.2, -0.15) is 0 Å². The van der Waals surface area contributed by atoms with Gasteiger partial charge in [0, 0.05) is 25.7 Å². The molecule has 1 fully saturated rings. The van der Waals surface area contributed by atoms with E-state index >= 15 is 0 Å². The van der Waals surface area contributed by atoms with Crippen molar-refractivity contribution in [2.75, 3.05) is 19.7 Å². The van der Waals surface area contributed by atoms with Gasteiger partial charge in [-0.3, -0.25) is 4.99 Å². The lowest BCUT2D eigenvalue weighted by Crippen LogP contribution is -2.42. The van der Waals surface area contributed by atoms with E-state index < -0.39 is 0 Å². The Morgan fingerprint density at radius 2 is 2.00 bits per heavy atom. The fraction of sp³-hybridized carbons (Fsp3) is 0.632. The van der Waals surface area contributed by atoms with Gasteiger partial charge in [-0.25, -0.2) is 0 Å². The van der Waals surface area contributed by atoms with Crippen molar-refractivity contribution in [3.05, 3.63) is 35.9 Å². The lowest BCUT2D eigenvalue weighted by Gasteiger charge is -2.17. The third-order valence-electron chi connectivity index (χ3n) is 4.25. The van der Waals surface area contributed by atoms with Gasteiger partial charge in [0.25, 0.3) is 0 Å². The normalized spacial score (nSPS) is 17.2. The molecule has 4 nitrogen and oxygen atoms in total. The summed E-state index contributed by atoms with van der Waals surface area (Å²) in [6.07, 6.45) is 6.29. The molecular formula is C19H31N3O. The molecule has 2 rings (SSSR count). The molecule has 0 amide bonds. The Kier molecular flexibility index (Phi) is 7.95. The third-order valence-corrected chi connectivity index (χ3v) is 4.25. The number of aliphatic imine (C=N–C) groups is 1. The summed E-state index contributed by atoms with van der Waals surface area (Å²) < 4.78 is 5.89. The highest BCUT2D eigenvalue weighted by Crippen LogP contribution is 2.17. The van der Waals surface area contributed by atoms with Crippen LogP contribution in [0.5, 0.6) is 0 Å². The molecule has 23 heavy (non-hydrogen) atoms. The minimum absolute atomic E-state index is 0.144. The standard InChI is InChI=1S/C19H31N3O/c1-3-20-19(22-18-12-7-8-13-18)21-14-9-15-23-16(2)17-10-5-4-6-11-17/h4-6,10-11,16,18H,3,7-9,12-15H2,1-2H3,(H2,20,21,22). The zero-order valence-corrected chi connectivity index (χ0v) is 14.6. The van der Waals surface area contributed by atoms with Gasteiger partial charge in [-0.05, 0) is 38.7 Å². The maximum atomic E-state index is 5.89. The third kappa shape index (κ3) is 6.61. The van der Waals surface area contributed by atoms with Crippen LogP contribution in [0.25, 0.3) is 0 Å². The average Bonchev–Trinajstić information content (AvgIpc) is 3.08. The number of nitrogens with zero attached hydrogens (tertiary/aromatic N) is 1. The largest absolute Gasteiger partial charge is 0.374 e. The highest BCUT2D eigenvalue weighted by Gasteiger charge is 2.15. The summed E-state index contributed by atoms with van der Waals surface area (Å²) in [6.45, 7) is 6.65. The Morgan fingerprint density at radius 1 is 1.26 bits per heavy atom. The molecular weight excluding hydrogens is 286 g/mol. The quantitative estimate of drug-likeness (QED) is 0.437. The lowest BCUT2D eigenvalue weighted by molar-refractivity contribution is 0.0652. The number of rotatable bonds is 8. The summed E-state index contributed by atoms with van der Waals surface area (Å²) in [4.78, 5) is 4.66. The summed E-state index contributed by atoms with van der Waals surface area (Å²) in [5.74, 6) is 0.954. The Hall–Kier alpha value is -1.55. The molecule has 1 unspecified atom stereocenters. The maximum absolute atomic E-state index is 5.89. The van der Waals surface area contributed by atoms with E-state index in [4.69, 9.17) is 4.74 Å². The first kappa shape index (κ1) is 17.8. The minimum Gasteiger partial charge on any atom is -0.374 e. The van der Waals surface area contributed by atoms with E-state index in [1.807, 2.05) is 6.07 Å². The molecule has 2 N–H and O–H groups in total. The fourth-order valence-corrected chi connectivity index (χ4v) is 2.92. The molecule has 1 atom stereocenters. The van der Waals surface area contributed by atoms with Gasteiger partial charge < -0.3 is 15.4 Å². The minimum atomic E-state index is 0.144. The first-order valence-corrected chi connectivity index (χ1v) is 9.01. The maximum Gasteiger partial charge on any atom is 0.191 e. The van der Waals surface area contributed by atoms with Crippen LogP contribution < -0.4 is 10.6 Å². The summed E-state index contributed by atoms with van der Waals surface area (Å²) in [6, 6.07) is 11.0. The number of nitrogens with one attached hydrogen (secondary N) is 2. The number of ether oxygens (including phenoxy) is 1. The second-order valence-corrected chi connectivity index (χ2v) is 6.16. The van der Waals surface area contributed by atoms with Crippen molar-refractivity contribution >= 4 is 5.96 Å². The van der Waals surface area contributed by atoms with Crippen LogP contribution in [0.1, 0.15) is 57.6 Å². The molecule has 0 bridgehead atoms. The van der Waals surface area contributed by atoms with Crippen LogP contribution in [0, 0.1) is 0 Å². The highest BCUT2D eigenvalue weighted by molar-refractivity contribution is 5.80. The van der Waals surface area contributed by atoms with Gasteiger partial charge in [-0.1, -0.05) is 43.2 Å². The molecule has 1 aliphatic rings. The van der Waals surface area contributed by atoms with Crippen LogP contribution in [-0.4, -0.2) is 31.7 Å². The van der Waals surface area contributed by atoms with Crippen LogP contribution in [0.3, 0.4) is 0 Å². The van der Waals surface area contributed by atoms with E-state index in [1.54, 1.807) is 0 Å². The molecule has 4 heteroatoms. The Bertz CT molecular complexity index is 455. The number of hydrogen-bond donors (Lipinski definition) is 2. The second-order valence-electron chi connectivity index (χ2n) is 6.16. The fourth-order valence-electron chi connectivity index (χ4n) is 2.92. The molecule has 0 radical (unpaired) electrons. The van der Waals surface area contributed by atoms with Crippen LogP contribution >= 0.6 is 0 Å². The van der Waals surface area contributed by atoms with Crippen LogP contribution in [0.15, 0.2) is 35.3 Å². The number of benzene rings is 1. The van der Waals surface area contributed by atoms with Crippen molar-refractivity contribution in [2.24, 2.45) is 4.99 Å². The van der Waals surface area contributed by atoms with E-state index in [0.717, 1.165) is 32.1 Å². The predicted octanol–water partition coefficient (Wildman–Crippen LogP) is 3.65. The molecule has 1 aliphatic carbocycles. The Labute approximate surface area is 140 Å². The molecule has 1 aromatic carbocycles. The first-order valence-electron chi connectivity index (χ1n) is 9.01. The van der Waals surface area contributed by atoms with Gasteiger partial charge in [0.2, 0.25) is 0 Å². The predicted molar refractivity (Wildman–Crippen MR) is 96.8 cm³/mol. The van der Waals surface area contributed by atoms with Crippen molar-refractivity contribution in [3.63, 3.8) is 0 Å². The summed E-state index contributed by atoms with van der Waals surface area (Å²) in [5, 5.41) is 6.87. The van der Waals surface area contributed by atoms with Crippen molar-refractivity contribution in [2.45, 2.75) is 58.1 Å². The van der Waals surface area contributed by atoms with Gasteiger partial charge in [-0.15, -0.1) is 0 Å². The van der Waals surface area contributed by atoms with E-state index in [0.29, 0.717) is 6.04 Å². The van der Waals surface area contributed by atoms with Gasteiger partial charge in [0.15, 0.2) is 5.96 Å². The molecule has 0 aliphatic heterocycles. The Morgan fingerprint density at radius 3 is 2.70 bits per heavy atom. The second kappa shape index (κ2) is 10.3. The molecule has 0 heterocycles. The first-order chi connectivity index (χ1) is 11.3. The van der Waals surface area contributed by atoms with Gasteiger partial charge in [0.1, 0.15) is 0 Å². The van der Waals surface area contributed by atoms with E-state index in [1.165, 1.54) is 31.2 Å². The van der Waals surface area contributed by atoms with Crippen molar-refractivity contribution in [1.29, 1.82) is 0 Å². The molecule has 128 valence electrons. The van der Waals surface area contributed by atoms with Crippen molar-refractivity contribution in [1.82, 2.24) is 10.6 Å². The van der Waals surface area contributed by atoms with Gasteiger partial charge in [0.05, 0.1) is 6.10 Å². The lowest BCUT2D eigenvalue weighted by atomic mass is 10.1. The summed E-state index contributed by atoms with van der Waals surface area (Å²) >= 11 is 0. The molecule has 0 spiro atoms.